The summed E-state index contributed by atoms with van der Waals surface area (Å²) >= 11 is 0. The van der Waals surface area contributed by atoms with Gasteiger partial charge in [-0.2, -0.15) is 0 Å². The van der Waals surface area contributed by atoms with E-state index in [0.717, 1.165) is 28.6 Å². The van der Waals surface area contributed by atoms with E-state index in [0.29, 0.717) is 29.3 Å². The molecule has 0 aliphatic carbocycles. The SMILES string of the molecule is CCOC(=O)c1ccc(NC(=O)c2cc(-c3ccc(CC(C)C)cc3)nc3ccccc23)cc1. The van der Waals surface area contributed by atoms with Crippen LogP contribution in [0.15, 0.2) is 78.9 Å². The third-order valence-electron chi connectivity index (χ3n) is 5.51. The molecule has 34 heavy (non-hydrogen) atoms. The molecule has 0 spiro atoms. The Balaban J connectivity index is 1.64. The first-order chi connectivity index (χ1) is 16.4. The molecular weight excluding hydrogens is 424 g/mol. The predicted octanol–water partition coefficient (Wildman–Crippen LogP) is 6.53. The summed E-state index contributed by atoms with van der Waals surface area (Å²) in [6, 6.07) is 24.5. The summed E-state index contributed by atoms with van der Waals surface area (Å²) in [4.78, 5) is 30.0. The summed E-state index contributed by atoms with van der Waals surface area (Å²) in [5.74, 6) is -0.0315. The van der Waals surface area contributed by atoms with Crippen LogP contribution in [0.25, 0.3) is 22.2 Å². The fourth-order valence-electron chi connectivity index (χ4n) is 3.90. The van der Waals surface area contributed by atoms with Gasteiger partial charge in [-0.15, -0.1) is 0 Å². The summed E-state index contributed by atoms with van der Waals surface area (Å²) in [5.41, 5.74) is 5.33. The molecule has 0 saturated heterocycles. The maximum atomic E-state index is 13.3. The van der Waals surface area contributed by atoms with Crippen LogP contribution in [0.5, 0.6) is 0 Å². The molecule has 4 rings (SSSR count). The zero-order valence-electron chi connectivity index (χ0n) is 19.7. The molecule has 1 amide bonds. The monoisotopic (exact) mass is 452 g/mol. The minimum Gasteiger partial charge on any atom is -0.462 e. The molecule has 5 heteroatoms. The lowest BCUT2D eigenvalue weighted by molar-refractivity contribution is 0.0526. The zero-order valence-corrected chi connectivity index (χ0v) is 19.7. The third-order valence-corrected chi connectivity index (χ3v) is 5.51. The topological polar surface area (TPSA) is 68.3 Å². The number of para-hydroxylation sites is 1. The fraction of sp³-hybridized carbons (Fsp3) is 0.207. The number of nitrogens with zero attached hydrogens (tertiary/aromatic N) is 1. The Hall–Kier alpha value is -3.99. The molecule has 172 valence electrons. The lowest BCUT2D eigenvalue weighted by atomic mass is 9.99. The van der Waals surface area contributed by atoms with Gasteiger partial charge in [-0.1, -0.05) is 56.3 Å². The molecule has 0 fully saturated rings. The standard InChI is InChI=1S/C29H28N2O3/c1-4-34-29(33)22-13-15-23(16-14-22)30-28(32)25-18-27(31-26-8-6-5-7-24(25)26)21-11-9-20(10-12-21)17-19(2)3/h5-16,18-19H,4,17H2,1-3H3,(H,30,32). The van der Waals surface area contributed by atoms with Crippen LogP contribution in [-0.2, 0) is 11.2 Å². The van der Waals surface area contributed by atoms with E-state index in [4.69, 9.17) is 9.72 Å². The van der Waals surface area contributed by atoms with Crippen molar-refractivity contribution >= 4 is 28.5 Å². The summed E-state index contributed by atoms with van der Waals surface area (Å²) in [6.45, 7) is 6.48. The highest BCUT2D eigenvalue weighted by atomic mass is 16.5. The van der Waals surface area contributed by atoms with Gasteiger partial charge in [-0.25, -0.2) is 9.78 Å². The predicted molar refractivity (Wildman–Crippen MR) is 136 cm³/mol. The number of anilines is 1. The molecule has 1 N–H and O–H groups in total. The Morgan fingerprint density at radius 2 is 1.65 bits per heavy atom. The van der Waals surface area contributed by atoms with Crippen LogP contribution in [0.4, 0.5) is 5.69 Å². The first-order valence-electron chi connectivity index (χ1n) is 11.5. The number of carbonyl (C=O) groups excluding carboxylic acids is 2. The highest BCUT2D eigenvalue weighted by Crippen LogP contribution is 2.26. The van der Waals surface area contributed by atoms with Crippen molar-refractivity contribution in [2.75, 3.05) is 11.9 Å². The van der Waals surface area contributed by atoms with Crippen molar-refractivity contribution < 1.29 is 14.3 Å². The number of esters is 1. The average molecular weight is 453 g/mol. The Bertz CT molecular complexity index is 1310. The van der Waals surface area contributed by atoms with Crippen LogP contribution in [-0.4, -0.2) is 23.5 Å². The summed E-state index contributed by atoms with van der Waals surface area (Å²) in [6.07, 6.45) is 1.02. The maximum absolute atomic E-state index is 13.3. The maximum Gasteiger partial charge on any atom is 0.338 e. The van der Waals surface area contributed by atoms with Gasteiger partial charge in [0.25, 0.3) is 5.91 Å². The zero-order chi connectivity index (χ0) is 24.1. The van der Waals surface area contributed by atoms with E-state index in [1.54, 1.807) is 31.2 Å². The number of carbonyl (C=O) groups is 2. The first-order valence-corrected chi connectivity index (χ1v) is 11.5. The van der Waals surface area contributed by atoms with Crippen molar-refractivity contribution in [3.05, 3.63) is 95.6 Å². The molecule has 1 heterocycles. The number of ether oxygens (including phenoxy) is 1. The molecular formula is C29H28N2O3. The van der Waals surface area contributed by atoms with Crippen molar-refractivity contribution in [1.29, 1.82) is 0 Å². The Kier molecular flexibility index (Phi) is 7.02. The minimum atomic E-state index is -0.385. The molecule has 0 radical (unpaired) electrons. The summed E-state index contributed by atoms with van der Waals surface area (Å²) < 4.78 is 5.01. The smallest absolute Gasteiger partial charge is 0.338 e. The van der Waals surface area contributed by atoms with E-state index in [1.165, 1.54) is 5.56 Å². The van der Waals surface area contributed by atoms with Crippen LogP contribution in [0.2, 0.25) is 0 Å². The number of hydrogen-bond acceptors (Lipinski definition) is 4. The Morgan fingerprint density at radius 1 is 0.941 bits per heavy atom. The lowest BCUT2D eigenvalue weighted by Gasteiger charge is -2.12. The van der Waals surface area contributed by atoms with Gasteiger partial charge in [0.15, 0.2) is 0 Å². The molecule has 4 aromatic rings. The minimum absolute atomic E-state index is 0.236. The normalized spacial score (nSPS) is 10.9. The van der Waals surface area contributed by atoms with E-state index in [1.807, 2.05) is 30.3 Å². The highest BCUT2D eigenvalue weighted by Gasteiger charge is 2.15. The third kappa shape index (κ3) is 5.31. The molecule has 0 aliphatic rings. The molecule has 0 atom stereocenters. The highest BCUT2D eigenvalue weighted by molar-refractivity contribution is 6.13. The van der Waals surface area contributed by atoms with Crippen LogP contribution in [0.3, 0.4) is 0 Å². The van der Waals surface area contributed by atoms with Gasteiger partial charge in [0.2, 0.25) is 0 Å². The van der Waals surface area contributed by atoms with E-state index >= 15 is 0 Å². The number of rotatable bonds is 7. The summed E-state index contributed by atoms with van der Waals surface area (Å²) in [5, 5.41) is 3.72. The summed E-state index contributed by atoms with van der Waals surface area (Å²) in [7, 11) is 0. The number of pyridine rings is 1. The van der Waals surface area contributed by atoms with Gasteiger partial charge in [-0.3, -0.25) is 4.79 Å². The van der Waals surface area contributed by atoms with Gasteiger partial charge in [0, 0.05) is 16.6 Å². The number of aromatic nitrogens is 1. The average Bonchev–Trinajstić information content (AvgIpc) is 2.84. The first kappa shape index (κ1) is 23.2. The second kappa shape index (κ2) is 10.3. The van der Waals surface area contributed by atoms with Gasteiger partial charge < -0.3 is 10.1 Å². The van der Waals surface area contributed by atoms with Crippen LogP contribution in [0, 0.1) is 5.92 Å². The lowest BCUT2D eigenvalue weighted by Crippen LogP contribution is -2.13. The van der Waals surface area contributed by atoms with E-state index in [9.17, 15) is 9.59 Å². The van der Waals surface area contributed by atoms with Gasteiger partial charge >= 0.3 is 5.97 Å². The molecule has 3 aromatic carbocycles. The Morgan fingerprint density at radius 3 is 2.32 bits per heavy atom. The molecule has 0 bridgehead atoms. The second-order valence-corrected chi connectivity index (χ2v) is 8.62. The van der Waals surface area contributed by atoms with Crippen molar-refractivity contribution in [1.82, 2.24) is 4.98 Å². The molecule has 0 aliphatic heterocycles. The number of nitrogens with one attached hydrogen (secondary N) is 1. The van der Waals surface area contributed by atoms with Gasteiger partial charge in [0.1, 0.15) is 0 Å². The fourth-order valence-corrected chi connectivity index (χ4v) is 3.90. The number of hydrogen-bond donors (Lipinski definition) is 1. The number of benzene rings is 3. The molecule has 0 unspecified atom stereocenters. The molecule has 1 aromatic heterocycles. The largest absolute Gasteiger partial charge is 0.462 e. The number of amides is 1. The van der Waals surface area contributed by atoms with Crippen molar-refractivity contribution in [3.63, 3.8) is 0 Å². The Labute approximate surface area is 199 Å². The van der Waals surface area contributed by atoms with E-state index < -0.39 is 0 Å². The quantitative estimate of drug-likeness (QED) is 0.324. The van der Waals surface area contributed by atoms with Crippen molar-refractivity contribution in [2.24, 2.45) is 5.92 Å². The molecule has 5 nitrogen and oxygen atoms in total. The van der Waals surface area contributed by atoms with Gasteiger partial charge in [0.05, 0.1) is 28.9 Å². The van der Waals surface area contributed by atoms with Gasteiger partial charge in [-0.05, 0) is 61.2 Å². The van der Waals surface area contributed by atoms with E-state index in [-0.39, 0.29) is 11.9 Å². The second-order valence-electron chi connectivity index (χ2n) is 8.62. The molecule has 0 saturated carbocycles. The van der Waals surface area contributed by atoms with Crippen LogP contribution >= 0.6 is 0 Å². The van der Waals surface area contributed by atoms with Crippen LogP contribution < -0.4 is 5.32 Å². The van der Waals surface area contributed by atoms with Crippen LogP contribution in [0.1, 0.15) is 47.1 Å². The van der Waals surface area contributed by atoms with Crippen molar-refractivity contribution in [3.8, 4) is 11.3 Å². The van der Waals surface area contributed by atoms with Crippen molar-refractivity contribution in [2.45, 2.75) is 27.2 Å². The number of fused-ring (bicyclic) bond motifs is 1. The van der Waals surface area contributed by atoms with E-state index in [2.05, 4.69) is 43.4 Å².